The van der Waals surface area contributed by atoms with Gasteiger partial charge in [-0.15, -0.1) is 0 Å². The molecule has 1 aromatic carbocycles. The maximum absolute atomic E-state index is 5.71. The summed E-state index contributed by atoms with van der Waals surface area (Å²) in [6.45, 7) is 4.31. The lowest BCUT2D eigenvalue weighted by atomic mass is 10.1. The Kier molecular flexibility index (Phi) is 4.23. The van der Waals surface area contributed by atoms with Crippen LogP contribution < -0.4 is 10.1 Å². The van der Waals surface area contributed by atoms with Crippen LogP contribution in [0.2, 0.25) is 0 Å². The Morgan fingerprint density at radius 3 is 2.62 bits per heavy atom. The second kappa shape index (κ2) is 5.90. The summed E-state index contributed by atoms with van der Waals surface area (Å²) in [5.41, 5.74) is 1.40. The molecule has 0 aliphatic heterocycles. The summed E-state index contributed by atoms with van der Waals surface area (Å²) in [5, 5.41) is 3.34. The Bertz CT molecular complexity index is 303. The van der Waals surface area contributed by atoms with E-state index < -0.39 is 0 Å². The van der Waals surface area contributed by atoms with Gasteiger partial charge >= 0.3 is 0 Å². The summed E-state index contributed by atoms with van der Waals surface area (Å²) in [6, 6.07) is 8.56. The maximum Gasteiger partial charge on any atom is 0.119 e. The quantitative estimate of drug-likeness (QED) is 0.712. The minimum atomic E-state index is 0.500. The number of benzene rings is 1. The molecule has 0 radical (unpaired) electrons. The van der Waals surface area contributed by atoms with E-state index in [1.165, 1.54) is 24.8 Å². The van der Waals surface area contributed by atoms with Crippen LogP contribution in [-0.4, -0.2) is 19.2 Å². The molecule has 0 spiro atoms. The van der Waals surface area contributed by atoms with Crippen molar-refractivity contribution in [2.75, 3.05) is 13.1 Å². The third kappa shape index (κ3) is 3.86. The number of aryl methyl sites for hydroxylation is 1. The molecule has 0 atom stereocenters. The molecule has 0 unspecified atom stereocenters. The monoisotopic (exact) mass is 219 g/mol. The van der Waals surface area contributed by atoms with Gasteiger partial charge < -0.3 is 10.1 Å². The number of hydrogen-bond acceptors (Lipinski definition) is 2. The molecule has 88 valence electrons. The number of rotatable bonds is 7. The van der Waals surface area contributed by atoms with Gasteiger partial charge in [0.2, 0.25) is 0 Å². The van der Waals surface area contributed by atoms with Crippen LogP contribution in [0.5, 0.6) is 5.75 Å². The lowest BCUT2D eigenvalue weighted by molar-refractivity contribution is 0.303. The molecule has 0 saturated heterocycles. The van der Waals surface area contributed by atoms with Gasteiger partial charge in [-0.25, -0.2) is 0 Å². The van der Waals surface area contributed by atoms with Gasteiger partial charge in [0, 0.05) is 0 Å². The summed E-state index contributed by atoms with van der Waals surface area (Å²) >= 11 is 0. The SMILES string of the molecule is CCNCCCc1ccc(OC2CC2)cc1. The molecule has 1 saturated carbocycles. The highest BCUT2D eigenvalue weighted by Crippen LogP contribution is 2.26. The summed E-state index contributed by atoms with van der Waals surface area (Å²) < 4.78 is 5.71. The highest BCUT2D eigenvalue weighted by molar-refractivity contribution is 5.27. The van der Waals surface area contributed by atoms with Crippen LogP contribution in [0.25, 0.3) is 0 Å². The van der Waals surface area contributed by atoms with E-state index in [-0.39, 0.29) is 0 Å². The van der Waals surface area contributed by atoms with Crippen molar-refractivity contribution in [3.05, 3.63) is 29.8 Å². The molecule has 2 rings (SSSR count). The smallest absolute Gasteiger partial charge is 0.119 e. The first-order chi connectivity index (χ1) is 7.88. The van der Waals surface area contributed by atoms with Crippen molar-refractivity contribution in [1.82, 2.24) is 5.32 Å². The van der Waals surface area contributed by atoms with Crippen LogP contribution in [0.4, 0.5) is 0 Å². The third-order valence-electron chi connectivity index (χ3n) is 2.82. The van der Waals surface area contributed by atoms with Crippen LogP contribution in [-0.2, 0) is 6.42 Å². The predicted octanol–water partition coefficient (Wildman–Crippen LogP) is 2.77. The van der Waals surface area contributed by atoms with Crippen LogP contribution in [0.1, 0.15) is 31.7 Å². The summed E-state index contributed by atoms with van der Waals surface area (Å²) in [5.74, 6) is 1.03. The summed E-state index contributed by atoms with van der Waals surface area (Å²) in [4.78, 5) is 0. The zero-order valence-electron chi connectivity index (χ0n) is 10.0. The van der Waals surface area contributed by atoms with Gasteiger partial charge in [0.1, 0.15) is 5.75 Å². The normalized spacial score (nSPS) is 15.1. The molecule has 1 aromatic rings. The van der Waals surface area contributed by atoms with E-state index in [0.717, 1.165) is 25.3 Å². The van der Waals surface area contributed by atoms with Crippen LogP contribution in [0.15, 0.2) is 24.3 Å². The van der Waals surface area contributed by atoms with Gasteiger partial charge in [-0.2, -0.15) is 0 Å². The fourth-order valence-electron chi connectivity index (χ4n) is 1.71. The lowest BCUT2D eigenvalue weighted by Crippen LogP contribution is -2.14. The molecular formula is C14H21NO. The van der Waals surface area contributed by atoms with Crippen molar-refractivity contribution in [1.29, 1.82) is 0 Å². The first-order valence-corrected chi connectivity index (χ1v) is 6.35. The largest absolute Gasteiger partial charge is 0.490 e. The van der Waals surface area contributed by atoms with Crippen LogP contribution >= 0.6 is 0 Å². The first kappa shape index (κ1) is 11.5. The standard InChI is InChI=1S/C14H21NO/c1-2-15-11-3-4-12-5-7-13(8-6-12)16-14-9-10-14/h5-8,14-15H,2-4,9-11H2,1H3. The van der Waals surface area contributed by atoms with Crippen molar-refractivity contribution < 1.29 is 4.74 Å². The Morgan fingerprint density at radius 1 is 1.25 bits per heavy atom. The second-order valence-corrected chi connectivity index (χ2v) is 4.42. The van der Waals surface area contributed by atoms with Gasteiger partial charge in [0.05, 0.1) is 6.10 Å². The van der Waals surface area contributed by atoms with E-state index in [9.17, 15) is 0 Å². The molecule has 2 heteroatoms. The summed E-state index contributed by atoms with van der Waals surface area (Å²) in [6.07, 6.45) is 5.31. The molecule has 1 fully saturated rings. The topological polar surface area (TPSA) is 21.3 Å². The van der Waals surface area contributed by atoms with E-state index in [1.807, 2.05) is 0 Å². The average molecular weight is 219 g/mol. The average Bonchev–Trinajstić information content (AvgIpc) is 3.11. The molecule has 2 nitrogen and oxygen atoms in total. The van der Waals surface area contributed by atoms with Gasteiger partial charge in [0.25, 0.3) is 0 Å². The highest BCUT2D eigenvalue weighted by atomic mass is 16.5. The molecule has 0 aromatic heterocycles. The fourth-order valence-corrected chi connectivity index (χ4v) is 1.71. The molecule has 16 heavy (non-hydrogen) atoms. The summed E-state index contributed by atoms with van der Waals surface area (Å²) in [7, 11) is 0. The minimum Gasteiger partial charge on any atom is -0.490 e. The predicted molar refractivity (Wildman–Crippen MR) is 67.0 cm³/mol. The van der Waals surface area contributed by atoms with E-state index in [0.29, 0.717) is 6.10 Å². The first-order valence-electron chi connectivity index (χ1n) is 6.35. The van der Waals surface area contributed by atoms with Gasteiger partial charge in [-0.1, -0.05) is 19.1 Å². The molecule has 1 N–H and O–H groups in total. The number of nitrogens with one attached hydrogen (secondary N) is 1. The molecule has 1 aliphatic rings. The Hall–Kier alpha value is -1.02. The van der Waals surface area contributed by atoms with Crippen molar-refractivity contribution in [3.8, 4) is 5.75 Å². The second-order valence-electron chi connectivity index (χ2n) is 4.42. The Labute approximate surface area is 98.0 Å². The van der Waals surface area contributed by atoms with Crippen molar-refractivity contribution in [3.63, 3.8) is 0 Å². The van der Waals surface area contributed by atoms with Gasteiger partial charge in [-0.3, -0.25) is 0 Å². The highest BCUT2D eigenvalue weighted by Gasteiger charge is 2.23. The number of ether oxygens (including phenoxy) is 1. The van der Waals surface area contributed by atoms with Crippen molar-refractivity contribution in [2.24, 2.45) is 0 Å². The van der Waals surface area contributed by atoms with Gasteiger partial charge in [0.15, 0.2) is 0 Å². The molecule has 1 aliphatic carbocycles. The zero-order valence-corrected chi connectivity index (χ0v) is 10.0. The Morgan fingerprint density at radius 2 is 2.00 bits per heavy atom. The van der Waals surface area contributed by atoms with Crippen molar-refractivity contribution in [2.45, 2.75) is 38.7 Å². The lowest BCUT2D eigenvalue weighted by Gasteiger charge is -2.06. The Balaban J connectivity index is 1.72. The molecular weight excluding hydrogens is 198 g/mol. The molecule has 0 heterocycles. The van der Waals surface area contributed by atoms with Crippen LogP contribution in [0, 0.1) is 0 Å². The number of hydrogen-bond donors (Lipinski definition) is 1. The zero-order chi connectivity index (χ0) is 11.2. The third-order valence-corrected chi connectivity index (χ3v) is 2.82. The van der Waals surface area contributed by atoms with E-state index in [1.54, 1.807) is 0 Å². The van der Waals surface area contributed by atoms with Crippen molar-refractivity contribution >= 4 is 0 Å². The maximum atomic E-state index is 5.71. The fraction of sp³-hybridized carbons (Fsp3) is 0.571. The molecule has 0 bridgehead atoms. The van der Waals surface area contributed by atoms with E-state index >= 15 is 0 Å². The van der Waals surface area contributed by atoms with Crippen LogP contribution in [0.3, 0.4) is 0 Å². The van der Waals surface area contributed by atoms with Gasteiger partial charge in [-0.05, 0) is 56.5 Å². The molecule has 0 amide bonds. The van der Waals surface area contributed by atoms with E-state index in [2.05, 4.69) is 36.5 Å². The minimum absolute atomic E-state index is 0.500. The van der Waals surface area contributed by atoms with E-state index in [4.69, 9.17) is 4.74 Å².